The van der Waals surface area contributed by atoms with Crippen LogP contribution in [0.25, 0.3) is 11.4 Å². The van der Waals surface area contributed by atoms with Crippen molar-refractivity contribution in [3.63, 3.8) is 0 Å². The zero-order valence-electron chi connectivity index (χ0n) is 13.6. The first kappa shape index (κ1) is 16.3. The second kappa shape index (κ2) is 6.62. The number of nitrogens with zero attached hydrogens (tertiary/aromatic N) is 4. The zero-order chi connectivity index (χ0) is 18.1. The van der Waals surface area contributed by atoms with E-state index in [9.17, 15) is 13.6 Å². The van der Waals surface area contributed by atoms with Crippen molar-refractivity contribution in [1.29, 1.82) is 0 Å². The van der Waals surface area contributed by atoms with E-state index in [1.165, 1.54) is 4.90 Å². The smallest absolute Gasteiger partial charge is 0.249 e. The highest BCUT2D eigenvalue weighted by molar-refractivity contribution is 5.78. The molecule has 1 saturated heterocycles. The van der Waals surface area contributed by atoms with Crippen molar-refractivity contribution < 1.29 is 18.1 Å². The number of benzene rings is 1. The summed E-state index contributed by atoms with van der Waals surface area (Å²) in [6.07, 6.45) is 4.00. The fraction of sp³-hybridized carbons (Fsp3) is 0.222. The van der Waals surface area contributed by atoms with E-state index in [0.29, 0.717) is 17.8 Å². The maximum atomic E-state index is 13.9. The number of pyridine rings is 1. The molecule has 1 fully saturated rings. The molecule has 1 aromatic carbocycles. The molecule has 1 aliphatic rings. The minimum atomic E-state index is -0.563. The molecule has 1 amide bonds. The molecule has 0 spiro atoms. The van der Waals surface area contributed by atoms with Gasteiger partial charge in [0.1, 0.15) is 17.7 Å². The number of carbonyl (C=O) groups excluding carboxylic acids is 1. The fourth-order valence-corrected chi connectivity index (χ4v) is 3.02. The summed E-state index contributed by atoms with van der Waals surface area (Å²) in [7, 11) is 0. The van der Waals surface area contributed by atoms with Crippen LogP contribution >= 0.6 is 0 Å². The SMILES string of the molecule is O=C1CCC(c2nc(-c3cccnc3)no2)N1Cc1cc(F)ccc1F. The van der Waals surface area contributed by atoms with Crippen LogP contribution in [-0.2, 0) is 11.3 Å². The molecule has 0 bridgehead atoms. The number of hydrogen-bond donors (Lipinski definition) is 0. The first-order chi connectivity index (χ1) is 12.6. The Kier molecular flexibility index (Phi) is 4.16. The molecule has 1 aliphatic heterocycles. The van der Waals surface area contributed by atoms with Gasteiger partial charge in [0.05, 0.1) is 0 Å². The average molecular weight is 356 g/mol. The van der Waals surface area contributed by atoms with Crippen LogP contribution in [-0.4, -0.2) is 25.9 Å². The van der Waals surface area contributed by atoms with Gasteiger partial charge in [0.15, 0.2) is 0 Å². The average Bonchev–Trinajstić information content (AvgIpc) is 3.27. The predicted molar refractivity (Wildman–Crippen MR) is 86.4 cm³/mol. The topological polar surface area (TPSA) is 72.1 Å². The molecule has 0 N–H and O–H groups in total. The second-order valence-electron chi connectivity index (χ2n) is 6.01. The molecule has 1 atom stereocenters. The van der Waals surface area contributed by atoms with E-state index in [1.54, 1.807) is 24.5 Å². The summed E-state index contributed by atoms with van der Waals surface area (Å²) in [5.41, 5.74) is 0.798. The van der Waals surface area contributed by atoms with Gasteiger partial charge in [-0.15, -0.1) is 0 Å². The zero-order valence-corrected chi connectivity index (χ0v) is 13.6. The molecule has 0 aliphatic carbocycles. The van der Waals surface area contributed by atoms with Gasteiger partial charge in [-0.3, -0.25) is 9.78 Å². The van der Waals surface area contributed by atoms with Crippen molar-refractivity contribution in [2.24, 2.45) is 0 Å². The van der Waals surface area contributed by atoms with Gasteiger partial charge in [-0.05, 0) is 36.8 Å². The van der Waals surface area contributed by atoms with Crippen LogP contribution in [0.5, 0.6) is 0 Å². The van der Waals surface area contributed by atoms with Gasteiger partial charge in [0.25, 0.3) is 0 Å². The Morgan fingerprint density at radius 1 is 1.27 bits per heavy atom. The van der Waals surface area contributed by atoms with Crippen molar-refractivity contribution >= 4 is 5.91 Å². The minimum absolute atomic E-state index is 0.0578. The van der Waals surface area contributed by atoms with Crippen molar-refractivity contribution in [2.75, 3.05) is 0 Å². The molecule has 1 unspecified atom stereocenters. The van der Waals surface area contributed by atoms with E-state index in [4.69, 9.17) is 4.52 Å². The molecule has 3 heterocycles. The number of amides is 1. The third kappa shape index (κ3) is 3.05. The van der Waals surface area contributed by atoms with E-state index >= 15 is 0 Å². The van der Waals surface area contributed by atoms with Crippen LogP contribution in [0, 0.1) is 11.6 Å². The molecule has 26 heavy (non-hydrogen) atoms. The Morgan fingerprint density at radius 2 is 2.15 bits per heavy atom. The Labute approximate surface area is 147 Å². The van der Waals surface area contributed by atoms with Crippen molar-refractivity contribution in [3.05, 3.63) is 65.8 Å². The highest BCUT2D eigenvalue weighted by atomic mass is 19.1. The van der Waals surface area contributed by atoms with E-state index < -0.39 is 17.7 Å². The summed E-state index contributed by atoms with van der Waals surface area (Å²) < 4.78 is 32.7. The molecular weight excluding hydrogens is 342 g/mol. The number of aromatic nitrogens is 3. The second-order valence-corrected chi connectivity index (χ2v) is 6.01. The van der Waals surface area contributed by atoms with Crippen LogP contribution in [0.1, 0.15) is 30.3 Å². The number of carbonyl (C=O) groups is 1. The Morgan fingerprint density at radius 3 is 2.96 bits per heavy atom. The van der Waals surface area contributed by atoms with Crippen LogP contribution in [0.3, 0.4) is 0 Å². The number of hydrogen-bond acceptors (Lipinski definition) is 5. The van der Waals surface area contributed by atoms with Gasteiger partial charge in [-0.2, -0.15) is 4.98 Å². The largest absolute Gasteiger partial charge is 0.337 e. The first-order valence-electron chi connectivity index (χ1n) is 8.09. The summed E-state index contributed by atoms with van der Waals surface area (Å²) in [6, 6.07) is 6.26. The molecule has 0 saturated carbocycles. The minimum Gasteiger partial charge on any atom is -0.337 e. The standard InChI is InChI=1S/C18H14F2N4O2/c19-13-3-4-14(20)12(8-13)10-24-15(5-6-16(24)25)18-22-17(23-26-18)11-2-1-7-21-9-11/h1-4,7-9,15H,5-6,10H2. The third-order valence-corrected chi connectivity index (χ3v) is 4.32. The van der Waals surface area contributed by atoms with Gasteiger partial charge >= 0.3 is 0 Å². The van der Waals surface area contributed by atoms with Gasteiger partial charge in [-0.1, -0.05) is 5.16 Å². The molecule has 3 aromatic rings. The Hall–Kier alpha value is -3.16. The van der Waals surface area contributed by atoms with Gasteiger partial charge in [0, 0.05) is 36.5 Å². The van der Waals surface area contributed by atoms with E-state index in [-0.39, 0.29) is 30.3 Å². The highest BCUT2D eigenvalue weighted by Crippen LogP contribution is 2.34. The van der Waals surface area contributed by atoms with Crippen molar-refractivity contribution in [2.45, 2.75) is 25.4 Å². The number of likely N-dealkylation sites (tertiary alicyclic amines) is 1. The summed E-state index contributed by atoms with van der Waals surface area (Å²) in [6.45, 7) is -0.0578. The lowest BCUT2D eigenvalue weighted by atomic mass is 10.1. The lowest BCUT2D eigenvalue weighted by molar-refractivity contribution is -0.130. The lowest BCUT2D eigenvalue weighted by Crippen LogP contribution is -2.27. The predicted octanol–water partition coefficient (Wildman–Crippen LogP) is 3.27. The molecule has 0 radical (unpaired) electrons. The molecule has 4 rings (SSSR count). The number of rotatable bonds is 4. The monoisotopic (exact) mass is 356 g/mol. The molecular formula is C18H14F2N4O2. The number of halogens is 2. The quantitative estimate of drug-likeness (QED) is 0.717. The van der Waals surface area contributed by atoms with Gasteiger partial charge < -0.3 is 9.42 Å². The lowest BCUT2D eigenvalue weighted by Gasteiger charge is -2.22. The maximum absolute atomic E-state index is 13.9. The summed E-state index contributed by atoms with van der Waals surface area (Å²) in [5.74, 6) is -0.650. The van der Waals surface area contributed by atoms with E-state index in [2.05, 4.69) is 15.1 Å². The van der Waals surface area contributed by atoms with E-state index in [1.807, 2.05) is 0 Å². The Balaban J connectivity index is 1.61. The normalized spacial score (nSPS) is 17.1. The first-order valence-corrected chi connectivity index (χ1v) is 8.09. The molecule has 8 heteroatoms. The van der Waals surface area contributed by atoms with Crippen molar-refractivity contribution in [1.82, 2.24) is 20.0 Å². The fourth-order valence-electron chi connectivity index (χ4n) is 3.02. The van der Waals surface area contributed by atoms with Gasteiger partial charge in [0.2, 0.25) is 17.6 Å². The maximum Gasteiger partial charge on any atom is 0.249 e. The summed E-state index contributed by atoms with van der Waals surface area (Å²) in [4.78, 5) is 22.0. The van der Waals surface area contributed by atoms with Crippen LogP contribution in [0.4, 0.5) is 8.78 Å². The molecule has 6 nitrogen and oxygen atoms in total. The Bertz CT molecular complexity index is 945. The summed E-state index contributed by atoms with van der Waals surface area (Å²) >= 11 is 0. The van der Waals surface area contributed by atoms with Gasteiger partial charge in [-0.25, -0.2) is 8.78 Å². The molecule has 2 aromatic heterocycles. The third-order valence-electron chi connectivity index (χ3n) is 4.32. The van der Waals surface area contributed by atoms with Crippen LogP contribution in [0.2, 0.25) is 0 Å². The van der Waals surface area contributed by atoms with Crippen LogP contribution in [0.15, 0.2) is 47.2 Å². The van der Waals surface area contributed by atoms with Crippen LogP contribution < -0.4 is 0 Å². The molecule has 132 valence electrons. The highest BCUT2D eigenvalue weighted by Gasteiger charge is 2.36. The van der Waals surface area contributed by atoms with Crippen molar-refractivity contribution in [3.8, 4) is 11.4 Å². The van der Waals surface area contributed by atoms with E-state index in [0.717, 1.165) is 18.2 Å². The summed E-state index contributed by atoms with van der Waals surface area (Å²) in [5, 5.41) is 3.93.